The Labute approximate surface area is 141 Å². The number of rotatable bonds is 3. The first-order valence-electron chi connectivity index (χ1n) is 8.39. The molecule has 0 saturated carbocycles. The van der Waals surface area contributed by atoms with E-state index in [-0.39, 0.29) is 17.1 Å². The van der Waals surface area contributed by atoms with Gasteiger partial charge in [0.15, 0.2) is 0 Å². The summed E-state index contributed by atoms with van der Waals surface area (Å²) in [6.45, 7) is 2.12. The Kier molecular flexibility index (Phi) is 4.76. The Hall–Kier alpha value is -2.08. The molecule has 2 aliphatic heterocycles. The number of hydrogen-bond donors (Lipinski definition) is 1. The van der Waals surface area contributed by atoms with Crippen molar-refractivity contribution >= 4 is 11.9 Å². The van der Waals surface area contributed by atoms with E-state index in [2.05, 4.69) is 0 Å². The molecule has 1 aromatic rings. The molecule has 2 aliphatic rings. The Balaban J connectivity index is 1.78. The van der Waals surface area contributed by atoms with Crippen molar-refractivity contribution in [2.75, 3.05) is 26.8 Å². The lowest BCUT2D eigenvalue weighted by molar-refractivity contribution is -0.00692. The number of ether oxygens (including phenoxy) is 2. The van der Waals surface area contributed by atoms with E-state index in [4.69, 9.17) is 9.47 Å². The van der Waals surface area contributed by atoms with Crippen LogP contribution in [0.1, 0.15) is 52.8 Å². The number of aromatic carboxylic acids is 1. The third kappa shape index (κ3) is 3.38. The molecule has 2 fully saturated rings. The molecule has 130 valence electrons. The molecular weight excluding hydrogens is 310 g/mol. The molecule has 1 N–H and O–H groups in total. The molecule has 1 aromatic carbocycles. The molecule has 2 saturated heterocycles. The highest BCUT2D eigenvalue weighted by Crippen LogP contribution is 2.36. The minimum atomic E-state index is -1.07. The maximum Gasteiger partial charge on any atom is 0.335 e. The second-order valence-corrected chi connectivity index (χ2v) is 6.54. The second kappa shape index (κ2) is 6.81. The molecule has 6 heteroatoms. The zero-order chi connectivity index (χ0) is 17.2. The molecule has 0 aromatic heterocycles. The second-order valence-electron chi connectivity index (χ2n) is 6.54. The average Bonchev–Trinajstić information content (AvgIpc) is 2.94. The zero-order valence-electron chi connectivity index (χ0n) is 13.9. The summed E-state index contributed by atoms with van der Waals surface area (Å²) in [6.07, 6.45) is 4.88. The van der Waals surface area contributed by atoms with Crippen molar-refractivity contribution in [1.29, 1.82) is 0 Å². The fraction of sp³-hybridized carbons (Fsp3) is 0.556. The molecule has 0 aliphatic carbocycles. The largest absolute Gasteiger partial charge is 0.497 e. The standard InChI is InChI=1S/C18H23NO5/c1-23-15-11-13(10-14(12-15)17(21)22)16(20)19-7-2-4-18(6-8-19)5-3-9-24-18/h10-12H,2-9H2,1H3,(H,21,22)/t18-/m0/s1. The van der Waals surface area contributed by atoms with Crippen molar-refractivity contribution in [2.45, 2.75) is 37.7 Å². The van der Waals surface area contributed by atoms with Crippen LogP contribution in [0.2, 0.25) is 0 Å². The molecule has 3 rings (SSSR count). The molecule has 1 amide bonds. The van der Waals surface area contributed by atoms with E-state index in [1.807, 2.05) is 0 Å². The Bertz CT molecular complexity index is 636. The summed E-state index contributed by atoms with van der Waals surface area (Å²) in [4.78, 5) is 25.9. The van der Waals surface area contributed by atoms with Crippen LogP contribution in [-0.4, -0.2) is 54.3 Å². The zero-order valence-corrected chi connectivity index (χ0v) is 13.9. The highest BCUT2D eigenvalue weighted by atomic mass is 16.5. The van der Waals surface area contributed by atoms with Gasteiger partial charge in [0.05, 0.1) is 18.3 Å². The summed E-state index contributed by atoms with van der Waals surface area (Å²) in [5, 5.41) is 9.21. The monoisotopic (exact) mass is 333 g/mol. The van der Waals surface area contributed by atoms with Gasteiger partial charge in [-0.15, -0.1) is 0 Å². The molecular formula is C18H23NO5. The lowest BCUT2D eigenvalue weighted by Gasteiger charge is -2.27. The molecule has 0 radical (unpaired) electrons. The summed E-state index contributed by atoms with van der Waals surface area (Å²) >= 11 is 0. The van der Waals surface area contributed by atoms with Gasteiger partial charge in [-0.05, 0) is 50.3 Å². The Morgan fingerprint density at radius 1 is 1.12 bits per heavy atom. The predicted molar refractivity (Wildman–Crippen MR) is 87.6 cm³/mol. The van der Waals surface area contributed by atoms with Crippen molar-refractivity contribution in [3.63, 3.8) is 0 Å². The maximum atomic E-state index is 12.8. The fourth-order valence-electron chi connectivity index (χ4n) is 3.67. The molecule has 1 spiro atoms. The van der Waals surface area contributed by atoms with Crippen molar-refractivity contribution in [3.8, 4) is 5.75 Å². The van der Waals surface area contributed by atoms with Gasteiger partial charge in [0.2, 0.25) is 0 Å². The van der Waals surface area contributed by atoms with Crippen LogP contribution in [0.25, 0.3) is 0 Å². The van der Waals surface area contributed by atoms with E-state index in [1.165, 1.54) is 19.2 Å². The number of amides is 1. The van der Waals surface area contributed by atoms with E-state index in [1.54, 1.807) is 11.0 Å². The number of nitrogens with zero attached hydrogens (tertiary/aromatic N) is 1. The van der Waals surface area contributed by atoms with Crippen molar-refractivity contribution in [3.05, 3.63) is 29.3 Å². The van der Waals surface area contributed by atoms with E-state index in [0.717, 1.165) is 38.7 Å². The van der Waals surface area contributed by atoms with Crippen LogP contribution in [0.3, 0.4) is 0 Å². The molecule has 1 atom stereocenters. The number of carbonyl (C=O) groups is 2. The van der Waals surface area contributed by atoms with Gasteiger partial charge in [-0.25, -0.2) is 4.79 Å². The first-order valence-corrected chi connectivity index (χ1v) is 8.39. The highest BCUT2D eigenvalue weighted by Gasteiger charge is 2.37. The topological polar surface area (TPSA) is 76.1 Å². The van der Waals surface area contributed by atoms with Crippen molar-refractivity contribution < 1.29 is 24.2 Å². The van der Waals surface area contributed by atoms with Gasteiger partial charge in [-0.3, -0.25) is 4.79 Å². The third-order valence-electron chi connectivity index (χ3n) is 5.01. The summed E-state index contributed by atoms with van der Waals surface area (Å²) < 4.78 is 11.1. The molecule has 2 heterocycles. The van der Waals surface area contributed by atoms with Crippen LogP contribution in [0.5, 0.6) is 5.75 Å². The van der Waals surface area contributed by atoms with Crippen LogP contribution < -0.4 is 4.74 Å². The van der Waals surface area contributed by atoms with Crippen LogP contribution in [-0.2, 0) is 4.74 Å². The molecule has 6 nitrogen and oxygen atoms in total. The van der Waals surface area contributed by atoms with Crippen LogP contribution >= 0.6 is 0 Å². The minimum absolute atomic E-state index is 0.0584. The van der Waals surface area contributed by atoms with Gasteiger partial charge in [0, 0.05) is 25.3 Å². The third-order valence-corrected chi connectivity index (χ3v) is 5.01. The van der Waals surface area contributed by atoms with E-state index in [9.17, 15) is 14.7 Å². The molecule has 0 bridgehead atoms. The minimum Gasteiger partial charge on any atom is -0.497 e. The van der Waals surface area contributed by atoms with Gasteiger partial charge < -0.3 is 19.5 Å². The molecule has 24 heavy (non-hydrogen) atoms. The summed E-state index contributed by atoms with van der Waals surface area (Å²) in [5.41, 5.74) is 0.355. The van der Waals surface area contributed by atoms with Crippen molar-refractivity contribution in [1.82, 2.24) is 4.90 Å². The SMILES string of the molecule is COc1cc(C(=O)O)cc(C(=O)N2CCC[C@]3(CCCO3)CC2)c1. The van der Waals surface area contributed by atoms with E-state index < -0.39 is 5.97 Å². The lowest BCUT2D eigenvalue weighted by Crippen LogP contribution is -2.34. The number of carboxylic acid groups (broad SMARTS) is 1. The summed E-state index contributed by atoms with van der Waals surface area (Å²) in [5.74, 6) is -0.841. The Morgan fingerprint density at radius 3 is 2.54 bits per heavy atom. The van der Waals surface area contributed by atoms with Gasteiger partial charge in [-0.1, -0.05) is 0 Å². The summed E-state index contributed by atoms with van der Waals surface area (Å²) in [7, 11) is 1.46. The number of methoxy groups -OCH3 is 1. The van der Waals surface area contributed by atoms with Gasteiger partial charge in [0.1, 0.15) is 5.75 Å². The van der Waals surface area contributed by atoms with Crippen molar-refractivity contribution in [2.24, 2.45) is 0 Å². The first kappa shape index (κ1) is 16.8. The fourth-order valence-corrected chi connectivity index (χ4v) is 3.67. The lowest BCUT2D eigenvalue weighted by atomic mass is 9.92. The van der Waals surface area contributed by atoms with Crippen LogP contribution in [0, 0.1) is 0 Å². The van der Waals surface area contributed by atoms with Crippen LogP contribution in [0.15, 0.2) is 18.2 Å². The Morgan fingerprint density at radius 2 is 1.88 bits per heavy atom. The quantitative estimate of drug-likeness (QED) is 0.920. The van der Waals surface area contributed by atoms with Gasteiger partial charge in [0.25, 0.3) is 5.91 Å². The smallest absolute Gasteiger partial charge is 0.335 e. The number of likely N-dealkylation sites (tertiary alicyclic amines) is 1. The average molecular weight is 333 g/mol. The normalized spacial score (nSPS) is 24.0. The van der Waals surface area contributed by atoms with E-state index in [0.29, 0.717) is 24.4 Å². The van der Waals surface area contributed by atoms with Gasteiger partial charge >= 0.3 is 5.97 Å². The van der Waals surface area contributed by atoms with E-state index >= 15 is 0 Å². The highest BCUT2D eigenvalue weighted by molar-refractivity contribution is 5.98. The predicted octanol–water partition coefficient (Wildman–Crippen LogP) is 2.57. The number of hydrogen-bond acceptors (Lipinski definition) is 4. The number of carbonyl (C=O) groups excluding carboxylic acids is 1. The summed E-state index contributed by atoms with van der Waals surface area (Å²) in [6, 6.07) is 4.43. The number of benzene rings is 1. The maximum absolute atomic E-state index is 12.8. The number of carboxylic acids is 1. The van der Waals surface area contributed by atoms with Crippen LogP contribution in [0.4, 0.5) is 0 Å². The van der Waals surface area contributed by atoms with Gasteiger partial charge in [-0.2, -0.15) is 0 Å². The first-order chi connectivity index (χ1) is 11.5. The molecule has 0 unspecified atom stereocenters.